The fourth-order valence-corrected chi connectivity index (χ4v) is 4.65. The Morgan fingerprint density at radius 2 is 2.00 bits per heavy atom. The minimum atomic E-state index is -0.102. The number of hydrogen-bond donors (Lipinski definition) is 3. The van der Waals surface area contributed by atoms with Crippen molar-refractivity contribution < 1.29 is 4.74 Å². The molecular formula is C23H33N5O2. The quantitative estimate of drug-likeness (QED) is 0.579. The highest BCUT2D eigenvalue weighted by Crippen LogP contribution is 2.36. The van der Waals surface area contributed by atoms with Gasteiger partial charge < -0.3 is 20.3 Å². The molecule has 0 saturated carbocycles. The van der Waals surface area contributed by atoms with Crippen molar-refractivity contribution >= 4 is 5.95 Å². The van der Waals surface area contributed by atoms with Crippen LogP contribution in [0.15, 0.2) is 35.1 Å². The molecule has 1 aromatic heterocycles. The van der Waals surface area contributed by atoms with Crippen molar-refractivity contribution in [2.24, 2.45) is 0 Å². The maximum absolute atomic E-state index is 12.3. The molecule has 2 atom stereocenters. The summed E-state index contributed by atoms with van der Waals surface area (Å²) < 4.78 is 5.39. The first-order valence-corrected chi connectivity index (χ1v) is 11.1. The Balaban J connectivity index is 1.41. The van der Waals surface area contributed by atoms with Crippen LogP contribution in [0.3, 0.4) is 0 Å². The number of aromatic nitrogens is 2. The molecule has 162 valence electrons. The van der Waals surface area contributed by atoms with Crippen molar-refractivity contribution in [1.82, 2.24) is 20.2 Å². The number of ether oxygens (including phenoxy) is 1. The highest BCUT2D eigenvalue weighted by atomic mass is 16.5. The molecule has 2 aliphatic heterocycles. The fourth-order valence-electron chi connectivity index (χ4n) is 4.65. The Hall–Kier alpha value is -2.38. The van der Waals surface area contributed by atoms with Crippen LogP contribution in [0.2, 0.25) is 0 Å². The topological polar surface area (TPSA) is 82.3 Å². The lowest BCUT2D eigenvalue weighted by Crippen LogP contribution is -2.31. The second kappa shape index (κ2) is 10.1. The van der Waals surface area contributed by atoms with Crippen LogP contribution < -0.4 is 20.9 Å². The van der Waals surface area contributed by atoms with Crippen LogP contribution in [0.25, 0.3) is 0 Å². The molecule has 3 heterocycles. The Morgan fingerprint density at radius 1 is 1.17 bits per heavy atom. The van der Waals surface area contributed by atoms with Crippen LogP contribution in [0, 0.1) is 0 Å². The minimum Gasteiger partial charge on any atom is -0.497 e. The van der Waals surface area contributed by atoms with Crippen LogP contribution >= 0.6 is 0 Å². The first-order chi connectivity index (χ1) is 14.7. The SMILES string of the molecule is COc1cccc([C@@H]2CNC[C@H]2c2cc(=O)[nH]c(NCCCN3CCCCC3)n2)c1. The number of likely N-dealkylation sites (tertiary alicyclic amines) is 1. The van der Waals surface area contributed by atoms with Gasteiger partial charge in [-0.1, -0.05) is 18.6 Å². The first kappa shape index (κ1) is 20.9. The van der Waals surface area contributed by atoms with Crippen molar-refractivity contribution in [3.05, 3.63) is 51.9 Å². The number of nitrogens with zero attached hydrogens (tertiary/aromatic N) is 2. The summed E-state index contributed by atoms with van der Waals surface area (Å²) >= 11 is 0. The van der Waals surface area contributed by atoms with E-state index in [0.29, 0.717) is 5.95 Å². The van der Waals surface area contributed by atoms with E-state index in [2.05, 4.69) is 32.7 Å². The summed E-state index contributed by atoms with van der Waals surface area (Å²) in [6.45, 7) is 6.01. The zero-order valence-electron chi connectivity index (χ0n) is 17.8. The van der Waals surface area contributed by atoms with Gasteiger partial charge in [0.2, 0.25) is 5.95 Å². The largest absolute Gasteiger partial charge is 0.497 e. The van der Waals surface area contributed by atoms with Gasteiger partial charge in [-0.2, -0.15) is 0 Å². The molecule has 0 radical (unpaired) electrons. The van der Waals surface area contributed by atoms with Gasteiger partial charge in [-0.25, -0.2) is 4.98 Å². The van der Waals surface area contributed by atoms with Gasteiger partial charge in [-0.15, -0.1) is 0 Å². The highest BCUT2D eigenvalue weighted by Gasteiger charge is 2.31. The molecule has 3 N–H and O–H groups in total. The Bertz CT molecular complexity index is 878. The summed E-state index contributed by atoms with van der Waals surface area (Å²) in [6.07, 6.45) is 5.04. The van der Waals surface area contributed by atoms with Gasteiger partial charge in [0.05, 0.1) is 12.8 Å². The van der Waals surface area contributed by atoms with Gasteiger partial charge in [0.1, 0.15) is 5.75 Å². The van der Waals surface area contributed by atoms with Gasteiger partial charge in [0.25, 0.3) is 5.56 Å². The molecule has 0 amide bonds. The van der Waals surface area contributed by atoms with Gasteiger partial charge in [-0.05, 0) is 56.6 Å². The highest BCUT2D eigenvalue weighted by molar-refractivity contribution is 5.35. The summed E-state index contributed by atoms with van der Waals surface area (Å²) in [4.78, 5) is 22.5. The second-order valence-corrected chi connectivity index (χ2v) is 8.35. The molecule has 0 unspecified atom stereocenters. The third-order valence-corrected chi connectivity index (χ3v) is 6.27. The van der Waals surface area contributed by atoms with Gasteiger partial charge >= 0.3 is 0 Å². The lowest BCUT2D eigenvalue weighted by molar-refractivity contribution is 0.228. The molecule has 2 saturated heterocycles. The second-order valence-electron chi connectivity index (χ2n) is 8.35. The van der Waals surface area contributed by atoms with Crippen LogP contribution in [0.1, 0.15) is 48.8 Å². The summed E-state index contributed by atoms with van der Waals surface area (Å²) in [7, 11) is 1.69. The molecule has 1 aromatic carbocycles. The molecular weight excluding hydrogens is 378 g/mol. The molecule has 4 rings (SSSR count). The molecule has 0 bridgehead atoms. The molecule has 7 nitrogen and oxygen atoms in total. The monoisotopic (exact) mass is 411 g/mol. The normalized spacial score (nSPS) is 22.2. The first-order valence-electron chi connectivity index (χ1n) is 11.1. The van der Waals surface area contributed by atoms with Crippen molar-refractivity contribution in [3.8, 4) is 5.75 Å². The van der Waals surface area contributed by atoms with E-state index in [9.17, 15) is 4.79 Å². The van der Waals surface area contributed by atoms with Crippen molar-refractivity contribution in [2.75, 3.05) is 51.7 Å². The van der Waals surface area contributed by atoms with Crippen LogP contribution in [-0.4, -0.2) is 61.2 Å². The number of benzene rings is 1. The number of piperidine rings is 1. The average molecular weight is 412 g/mol. The Labute approximate surface area is 178 Å². The summed E-state index contributed by atoms with van der Waals surface area (Å²) in [5.74, 6) is 1.86. The van der Waals surface area contributed by atoms with Crippen molar-refractivity contribution in [2.45, 2.75) is 37.5 Å². The number of rotatable bonds is 8. The van der Waals surface area contributed by atoms with E-state index in [1.165, 1.54) is 37.9 Å². The Kier molecular flexibility index (Phi) is 7.02. The number of hydrogen-bond acceptors (Lipinski definition) is 6. The average Bonchev–Trinajstić information content (AvgIpc) is 3.27. The summed E-state index contributed by atoms with van der Waals surface area (Å²) in [6, 6.07) is 9.82. The maximum atomic E-state index is 12.3. The van der Waals surface area contributed by atoms with E-state index in [0.717, 1.165) is 44.0 Å². The van der Waals surface area contributed by atoms with Gasteiger partial charge in [0.15, 0.2) is 0 Å². The molecule has 2 aromatic rings. The van der Waals surface area contributed by atoms with E-state index in [1.54, 1.807) is 13.2 Å². The summed E-state index contributed by atoms with van der Waals surface area (Å²) in [5, 5.41) is 6.79. The zero-order chi connectivity index (χ0) is 20.8. The van der Waals surface area contributed by atoms with E-state index >= 15 is 0 Å². The van der Waals surface area contributed by atoms with Gasteiger partial charge in [0, 0.05) is 37.5 Å². The smallest absolute Gasteiger partial charge is 0.252 e. The number of aromatic amines is 1. The molecule has 7 heteroatoms. The molecule has 0 aliphatic carbocycles. The lowest BCUT2D eigenvalue weighted by atomic mass is 9.86. The van der Waals surface area contributed by atoms with Crippen LogP contribution in [0.5, 0.6) is 5.75 Å². The third-order valence-electron chi connectivity index (χ3n) is 6.27. The van der Waals surface area contributed by atoms with E-state index in [1.807, 2.05) is 12.1 Å². The molecule has 30 heavy (non-hydrogen) atoms. The number of H-pyrrole nitrogens is 1. The fraction of sp³-hybridized carbons (Fsp3) is 0.565. The van der Waals surface area contributed by atoms with Crippen LogP contribution in [-0.2, 0) is 0 Å². The van der Waals surface area contributed by atoms with Crippen molar-refractivity contribution in [3.63, 3.8) is 0 Å². The predicted molar refractivity (Wildman–Crippen MR) is 120 cm³/mol. The molecule has 2 aliphatic rings. The molecule has 0 spiro atoms. The number of anilines is 1. The predicted octanol–water partition coefficient (Wildman–Crippen LogP) is 2.54. The molecule has 2 fully saturated rings. The van der Waals surface area contributed by atoms with Crippen LogP contribution in [0.4, 0.5) is 5.95 Å². The van der Waals surface area contributed by atoms with E-state index < -0.39 is 0 Å². The minimum absolute atomic E-state index is 0.102. The van der Waals surface area contributed by atoms with Crippen molar-refractivity contribution in [1.29, 1.82) is 0 Å². The Morgan fingerprint density at radius 3 is 2.83 bits per heavy atom. The third kappa shape index (κ3) is 5.21. The van der Waals surface area contributed by atoms with E-state index in [4.69, 9.17) is 9.72 Å². The maximum Gasteiger partial charge on any atom is 0.252 e. The zero-order valence-corrected chi connectivity index (χ0v) is 17.8. The number of methoxy groups -OCH3 is 1. The van der Waals surface area contributed by atoms with E-state index in [-0.39, 0.29) is 17.4 Å². The number of nitrogens with one attached hydrogen (secondary N) is 3. The standard InChI is InChI=1S/C23H33N5O2/c1-30-18-8-5-7-17(13-18)19-15-24-16-20(19)21-14-22(29)27-23(26-21)25-9-6-12-28-10-3-2-4-11-28/h5,7-8,13-14,19-20,24H,2-4,6,9-12,15-16H2,1H3,(H2,25,26,27,29)/t19-,20+/m0/s1. The lowest BCUT2D eigenvalue weighted by Gasteiger charge is -2.26. The summed E-state index contributed by atoms with van der Waals surface area (Å²) in [5.41, 5.74) is 1.95. The van der Waals surface area contributed by atoms with Gasteiger partial charge in [-0.3, -0.25) is 9.78 Å².